The van der Waals surface area contributed by atoms with Gasteiger partial charge in [-0.25, -0.2) is 4.79 Å². The third-order valence-corrected chi connectivity index (χ3v) is 5.07. The number of nitrogens with zero attached hydrogens (tertiary/aromatic N) is 1. The third-order valence-electron chi connectivity index (χ3n) is 5.07. The predicted octanol–water partition coefficient (Wildman–Crippen LogP) is 2.46. The number of urea groups is 1. The van der Waals surface area contributed by atoms with Gasteiger partial charge < -0.3 is 10.4 Å². The molecule has 1 spiro atoms. The van der Waals surface area contributed by atoms with E-state index < -0.39 is 11.8 Å². The fraction of sp³-hybridized carbons (Fsp3) is 0.316. The molecule has 1 fully saturated rings. The van der Waals surface area contributed by atoms with Crippen LogP contribution in [0.5, 0.6) is 0 Å². The first-order chi connectivity index (χ1) is 11.2. The van der Waals surface area contributed by atoms with Crippen molar-refractivity contribution in [3.63, 3.8) is 0 Å². The normalized spacial score (nSPS) is 26.2. The lowest BCUT2D eigenvalue weighted by Gasteiger charge is -2.37. The molecule has 0 bridgehead atoms. The van der Waals surface area contributed by atoms with Gasteiger partial charge in [-0.15, -0.1) is 0 Å². The van der Waals surface area contributed by atoms with Crippen molar-refractivity contribution in [3.8, 4) is 0 Å². The van der Waals surface area contributed by atoms with Crippen molar-refractivity contribution in [1.29, 1.82) is 0 Å². The molecule has 2 atom stereocenters. The third kappa shape index (κ3) is 2.39. The molecule has 2 unspecified atom stereocenters. The Labute approximate surface area is 135 Å². The van der Waals surface area contributed by atoms with Gasteiger partial charge in [0.2, 0.25) is 0 Å². The Balaban J connectivity index is 1.59. The van der Waals surface area contributed by atoms with Crippen LogP contribution in [0.1, 0.15) is 23.1 Å². The number of carbonyl (C=O) groups excluding carboxylic acids is 1. The average Bonchev–Trinajstić information content (AvgIpc) is 2.80. The highest BCUT2D eigenvalue weighted by Crippen LogP contribution is 2.36. The van der Waals surface area contributed by atoms with Gasteiger partial charge in [0.05, 0.1) is 12.1 Å². The van der Waals surface area contributed by atoms with Crippen LogP contribution in [0, 0.1) is 0 Å². The molecule has 23 heavy (non-hydrogen) atoms. The number of fused-ring (bicyclic) bond motifs is 1. The summed E-state index contributed by atoms with van der Waals surface area (Å²) in [5.41, 5.74) is 3.00. The summed E-state index contributed by atoms with van der Waals surface area (Å²) in [6.07, 6.45) is 1.53. The first kappa shape index (κ1) is 14.3. The van der Waals surface area contributed by atoms with Gasteiger partial charge in [-0.05, 0) is 29.5 Å². The van der Waals surface area contributed by atoms with Gasteiger partial charge in [0.25, 0.3) is 0 Å². The molecular formula is C19H20N2O2. The molecule has 4 nitrogen and oxygen atoms in total. The molecule has 2 aromatic rings. The van der Waals surface area contributed by atoms with Crippen molar-refractivity contribution < 1.29 is 9.90 Å². The number of aliphatic hydroxyl groups is 1. The Morgan fingerprint density at radius 3 is 2.57 bits per heavy atom. The molecule has 1 aliphatic heterocycles. The van der Waals surface area contributed by atoms with E-state index in [0.717, 1.165) is 18.4 Å². The van der Waals surface area contributed by atoms with Crippen molar-refractivity contribution in [2.45, 2.75) is 37.6 Å². The Morgan fingerprint density at radius 1 is 1.09 bits per heavy atom. The van der Waals surface area contributed by atoms with E-state index in [4.69, 9.17) is 0 Å². The van der Waals surface area contributed by atoms with Crippen LogP contribution < -0.4 is 5.32 Å². The molecule has 0 radical (unpaired) electrons. The molecule has 0 aromatic heterocycles. The fourth-order valence-electron chi connectivity index (χ4n) is 3.78. The zero-order valence-electron chi connectivity index (χ0n) is 12.9. The fourth-order valence-corrected chi connectivity index (χ4v) is 3.78. The molecular weight excluding hydrogens is 288 g/mol. The molecule has 2 amide bonds. The first-order valence-corrected chi connectivity index (χ1v) is 8.05. The SMILES string of the molecule is O=C1NC2(CCc3ccccc3C2)C(O)N1Cc1ccccc1. The number of nitrogens with one attached hydrogen (secondary N) is 1. The van der Waals surface area contributed by atoms with Gasteiger partial charge in [0, 0.05) is 6.42 Å². The van der Waals surface area contributed by atoms with E-state index >= 15 is 0 Å². The molecule has 2 aliphatic rings. The van der Waals surface area contributed by atoms with Crippen molar-refractivity contribution >= 4 is 6.03 Å². The van der Waals surface area contributed by atoms with Crippen LogP contribution in [0.4, 0.5) is 4.79 Å². The maximum Gasteiger partial charge on any atom is 0.320 e. The summed E-state index contributed by atoms with van der Waals surface area (Å²) in [5.74, 6) is 0. The Kier molecular flexibility index (Phi) is 3.34. The largest absolute Gasteiger partial charge is 0.371 e. The number of aliphatic hydroxyl groups excluding tert-OH is 1. The van der Waals surface area contributed by atoms with Crippen LogP contribution in [0.2, 0.25) is 0 Å². The maximum atomic E-state index is 12.4. The van der Waals surface area contributed by atoms with Gasteiger partial charge in [0.15, 0.2) is 6.23 Å². The van der Waals surface area contributed by atoms with Crippen LogP contribution in [-0.4, -0.2) is 27.8 Å². The molecule has 0 saturated carbocycles. The Morgan fingerprint density at radius 2 is 1.78 bits per heavy atom. The number of benzene rings is 2. The molecule has 2 N–H and O–H groups in total. The van der Waals surface area contributed by atoms with Crippen LogP contribution >= 0.6 is 0 Å². The lowest BCUT2D eigenvalue weighted by molar-refractivity contribution is -0.00742. The van der Waals surface area contributed by atoms with Crippen molar-refractivity contribution in [3.05, 3.63) is 71.3 Å². The van der Waals surface area contributed by atoms with Crippen molar-refractivity contribution in [2.24, 2.45) is 0 Å². The minimum absolute atomic E-state index is 0.180. The molecule has 4 rings (SSSR count). The van der Waals surface area contributed by atoms with Gasteiger partial charge in [-0.1, -0.05) is 54.6 Å². The number of hydrogen-bond donors (Lipinski definition) is 2. The summed E-state index contributed by atoms with van der Waals surface area (Å²) in [4.78, 5) is 14.0. The lowest BCUT2D eigenvalue weighted by atomic mass is 9.77. The predicted molar refractivity (Wildman–Crippen MR) is 87.7 cm³/mol. The molecule has 2 aromatic carbocycles. The van der Waals surface area contributed by atoms with E-state index in [1.165, 1.54) is 11.1 Å². The standard InChI is InChI=1S/C19H20N2O2/c22-17-19(11-10-15-8-4-5-9-16(15)12-19)20-18(23)21(17)13-14-6-2-1-3-7-14/h1-9,17,22H,10-13H2,(H,20,23). The van der Waals surface area contributed by atoms with Gasteiger partial charge >= 0.3 is 6.03 Å². The summed E-state index contributed by atoms with van der Waals surface area (Å²) in [7, 11) is 0. The van der Waals surface area contributed by atoms with Gasteiger partial charge in [-0.2, -0.15) is 0 Å². The van der Waals surface area contributed by atoms with E-state index in [0.29, 0.717) is 13.0 Å². The highest BCUT2D eigenvalue weighted by atomic mass is 16.3. The molecule has 1 saturated heterocycles. The minimum atomic E-state index is -0.802. The summed E-state index contributed by atoms with van der Waals surface area (Å²) in [6.45, 7) is 0.428. The van der Waals surface area contributed by atoms with Crippen molar-refractivity contribution in [1.82, 2.24) is 10.2 Å². The molecule has 4 heteroatoms. The number of carbonyl (C=O) groups is 1. The van der Waals surface area contributed by atoms with E-state index in [2.05, 4.69) is 17.4 Å². The van der Waals surface area contributed by atoms with Crippen LogP contribution in [0.15, 0.2) is 54.6 Å². The van der Waals surface area contributed by atoms with E-state index in [-0.39, 0.29) is 6.03 Å². The van der Waals surface area contributed by atoms with Crippen LogP contribution in [0.3, 0.4) is 0 Å². The van der Waals surface area contributed by atoms with E-state index in [9.17, 15) is 9.90 Å². The highest BCUT2D eigenvalue weighted by molar-refractivity contribution is 5.78. The zero-order chi connectivity index (χ0) is 15.9. The summed E-state index contributed by atoms with van der Waals surface area (Å²) in [5, 5.41) is 13.9. The number of hydrogen-bond acceptors (Lipinski definition) is 2. The molecule has 1 aliphatic carbocycles. The van der Waals surface area contributed by atoms with Crippen molar-refractivity contribution in [2.75, 3.05) is 0 Å². The number of rotatable bonds is 2. The zero-order valence-corrected chi connectivity index (χ0v) is 12.9. The van der Waals surface area contributed by atoms with Crippen LogP contribution in [-0.2, 0) is 19.4 Å². The summed E-state index contributed by atoms with van der Waals surface area (Å²) >= 11 is 0. The topological polar surface area (TPSA) is 52.6 Å². The second-order valence-corrected chi connectivity index (χ2v) is 6.52. The Hall–Kier alpha value is -2.33. The second-order valence-electron chi connectivity index (χ2n) is 6.52. The van der Waals surface area contributed by atoms with Crippen LogP contribution in [0.25, 0.3) is 0 Å². The quantitative estimate of drug-likeness (QED) is 0.895. The smallest absolute Gasteiger partial charge is 0.320 e. The van der Waals surface area contributed by atoms with Gasteiger partial charge in [0.1, 0.15) is 0 Å². The highest BCUT2D eigenvalue weighted by Gasteiger charge is 2.51. The second kappa shape index (κ2) is 5.39. The van der Waals surface area contributed by atoms with Gasteiger partial charge in [-0.3, -0.25) is 4.90 Å². The maximum absolute atomic E-state index is 12.4. The monoisotopic (exact) mass is 308 g/mol. The first-order valence-electron chi connectivity index (χ1n) is 8.05. The number of amides is 2. The van der Waals surface area contributed by atoms with E-state index in [1.807, 2.05) is 42.5 Å². The summed E-state index contributed by atoms with van der Waals surface area (Å²) in [6, 6.07) is 17.9. The number of aryl methyl sites for hydroxylation is 1. The summed E-state index contributed by atoms with van der Waals surface area (Å²) < 4.78 is 0. The molecule has 1 heterocycles. The van der Waals surface area contributed by atoms with E-state index in [1.54, 1.807) is 4.90 Å². The Bertz CT molecular complexity index is 731. The minimum Gasteiger partial charge on any atom is -0.371 e. The lowest BCUT2D eigenvalue weighted by Crippen LogP contribution is -2.53. The molecule has 118 valence electrons. The average molecular weight is 308 g/mol.